The Kier molecular flexibility index (Phi) is 9.39. The number of ether oxygens (including phenoxy) is 2. The molecule has 0 amide bonds. The van der Waals surface area contributed by atoms with Crippen LogP contribution in [0.25, 0.3) is 0 Å². The summed E-state index contributed by atoms with van der Waals surface area (Å²) < 4.78 is 46.6. The number of hydrogen-bond acceptors (Lipinski definition) is 9. The summed E-state index contributed by atoms with van der Waals surface area (Å²) in [6.07, 6.45) is -0.354. The fourth-order valence-corrected chi connectivity index (χ4v) is 5.85. The first-order valence-electron chi connectivity index (χ1n) is 12.8. The summed E-state index contributed by atoms with van der Waals surface area (Å²) in [6, 6.07) is 8.20. The molecule has 1 aliphatic heterocycles. The molecule has 39 heavy (non-hydrogen) atoms. The van der Waals surface area contributed by atoms with E-state index in [9.17, 15) is 24.1 Å². The molecule has 1 saturated heterocycles. The number of esters is 1. The Morgan fingerprint density at radius 1 is 1.28 bits per heavy atom. The number of nitrogens with zero attached hydrogens (tertiary/aromatic N) is 2. The minimum atomic E-state index is -3.25. The summed E-state index contributed by atoms with van der Waals surface area (Å²) in [4.78, 5) is 45.4. The molecule has 2 heterocycles. The van der Waals surface area contributed by atoms with Crippen molar-refractivity contribution >= 4 is 14.1 Å². The maximum Gasteiger partial charge on any atom is 0.331 e. The number of aliphatic hydroxyl groups is 1. The van der Waals surface area contributed by atoms with E-state index in [1.54, 1.807) is 37.3 Å². The highest BCUT2D eigenvalue weighted by atomic mass is 31.1. The van der Waals surface area contributed by atoms with E-state index in [1.807, 2.05) is 4.98 Å². The van der Waals surface area contributed by atoms with E-state index in [1.165, 1.54) is 0 Å². The lowest BCUT2D eigenvalue weighted by Gasteiger charge is -2.29. The van der Waals surface area contributed by atoms with Crippen LogP contribution in [-0.2, 0) is 23.7 Å². The number of para-hydroxylation sites is 1. The summed E-state index contributed by atoms with van der Waals surface area (Å²) in [5, 5.41) is 10.7. The highest BCUT2D eigenvalue weighted by Gasteiger charge is 2.55. The van der Waals surface area contributed by atoms with Crippen molar-refractivity contribution in [2.24, 2.45) is 0 Å². The quantitative estimate of drug-likeness (QED) is 0.235. The second-order valence-corrected chi connectivity index (χ2v) is 10.9. The summed E-state index contributed by atoms with van der Waals surface area (Å²) in [7, 11) is -3.25. The van der Waals surface area contributed by atoms with Crippen LogP contribution < -0.4 is 15.8 Å². The molecule has 2 N–H and O–H groups in total. The van der Waals surface area contributed by atoms with Crippen LogP contribution in [0.5, 0.6) is 5.75 Å². The highest BCUT2D eigenvalue weighted by Crippen LogP contribution is 2.42. The fourth-order valence-electron chi connectivity index (χ4n) is 4.70. The largest absolute Gasteiger partial charge is 0.461 e. The molecule has 14 heteroatoms. The lowest BCUT2D eigenvalue weighted by molar-refractivity contribution is -0.186. The zero-order valence-electron chi connectivity index (χ0n) is 21.7. The van der Waals surface area contributed by atoms with Gasteiger partial charge in [0.2, 0.25) is 0 Å². The minimum absolute atomic E-state index is 0.157. The van der Waals surface area contributed by atoms with E-state index in [-0.39, 0.29) is 18.3 Å². The molecular weight excluding hydrogens is 536 g/mol. The summed E-state index contributed by atoms with van der Waals surface area (Å²) >= 11 is 0. The van der Waals surface area contributed by atoms with Gasteiger partial charge in [-0.2, -0.15) is 0 Å². The molecule has 1 aliphatic carbocycles. The SMILES string of the molecule is CC[C@@H](C(=O)OC1CCCC1)N(OC[C@H]1O[C@@H](n2ccc(=O)[nH]c2=O)[C@](C)(F)[C@@H]1O)[PH](=O)Oc1ccccc1. The zero-order valence-corrected chi connectivity index (χ0v) is 22.7. The third kappa shape index (κ3) is 6.67. The van der Waals surface area contributed by atoms with E-state index >= 15 is 4.39 Å². The van der Waals surface area contributed by atoms with Crippen molar-refractivity contribution in [2.75, 3.05) is 6.61 Å². The number of aromatic nitrogens is 2. The van der Waals surface area contributed by atoms with E-state index < -0.39 is 62.2 Å². The molecular formula is C25H33FN3O9P. The van der Waals surface area contributed by atoms with Crippen LogP contribution in [0.1, 0.15) is 52.2 Å². The van der Waals surface area contributed by atoms with Gasteiger partial charge in [0.1, 0.15) is 30.1 Å². The number of rotatable bonds is 11. The Morgan fingerprint density at radius 3 is 2.62 bits per heavy atom. The van der Waals surface area contributed by atoms with Gasteiger partial charge in [-0.15, -0.1) is 0 Å². The number of aromatic amines is 1. The number of hydroxylamine groups is 1. The normalized spacial score (nSPS) is 26.9. The zero-order chi connectivity index (χ0) is 28.2. The van der Waals surface area contributed by atoms with Gasteiger partial charge in [-0.05, 0) is 51.2 Å². The first-order chi connectivity index (χ1) is 18.6. The highest BCUT2D eigenvalue weighted by molar-refractivity contribution is 7.36. The molecule has 6 atom stereocenters. The van der Waals surface area contributed by atoms with Crippen LogP contribution in [0.4, 0.5) is 4.39 Å². The minimum Gasteiger partial charge on any atom is -0.461 e. The number of aliphatic hydroxyl groups excluding tert-OH is 1. The van der Waals surface area contributed by atoms with Crippen LogP contribution >= 0.6 is 8.18 Å². The van der Waals surface area contributed by atoms with E-state index in [4.69, 9.17) is 18.8 Å². The Bertz CT molecular complexity index is 1270. The molecule has 1 aromatic carbocycles. The molecule has 2 fully saturated rings. The number of carbonyl (C=O) groups excluding carboxylic acids is 1. The monoisotopic (exact) mass is 569 g/mol. The Balaban J connectivity index is 1.53. The number of H-pyrrole nitrogens is 1. The third-order valence-electron chi connectivity index (χ3n) is 6.85. The van der Waals surface area contributed by atoms with Crippen molar-refractivity contribution in [2.45, 2.75) is 82.2 Å². The van der Waals surface area contributed by atoms with E-state index in [0.717, 1.165) is 54.3 Å². The molecule has 1 aromatic heterocycles. The van der Waals surface area contributed by atoms with Gasteiger partial charge in [-0.25, -0.2) is 9.18 Å². The number of halogens is 1. The molecule has 0 radical (unpaired) electrons. The summed E-state index contributed by atoms with van der Waals surface area (Å²) in [6.45, 7) is 2.20. The summed E-state index contributed by atoms with van der Waals surface area (Å²) in [5.41, 5.74) is -4.06. The smallest absolute Gasteiger partial charge is 0.331 e. The Labute approximate surface area is 224 Å². The molecule has 12 nitrogen and oxygen atoms in total. The average molecular weight is 570 g/mol. The van der Waals surface area contributed by atoms with Gasteiger partial charge in [0.15, 0.2) is 11.9 Å². The number of benzene rings is 1. The Morgan fingerprint density at radius 2 is 1.97 bits per heavy atom. The second-order valence-electron chi connectivity index (χ2n) is 9.71. The molecule has 214 valence electrons. The Hall–Kier alpha value is -2.83. The van der Waals surface area contributed by atoms with Gasteiger partial charge in [-0.3, -0.25) is 28.5 Å². The molecule has 0 bridgehead atoms. The van der Waals surface area contributed by atoms with Crippen molar-refractivity contribution in [3.63, 3.8) is 0 Å². The number of hydrogen-bond donors (Lipinski definition) is 2. The average Bonchev–Trinajstić information content (AvgIpc) is 3.48. The first-order valence-corrected chi connectivity index (χ1v) is 14.1. The van der Waals surface area contributed by atoms with Crippen molar-refractivity contribution in [1.29, 1.82) is 0 Å². The van der Waals surface area contributed by atoms with Crippen LogP contribution in [0.15, 0.2) is 52.2 Å². The third-order valence-corrected chi connectivity index (χ3v) is 8.06. The summed E-state index contributed by atoms with van der Waals surface area (Å²) in [5.74, 6) is -0.361. The van der Waals surface area contributed by atoms with Crippen molar-refractivity contribution in [3.05, 3.63) is 63.4 Å². The predicted octanol–water partition coefficient (Wildman–Crippen LogP) is 2.49. The predicted molar refractivity (Wildman–Crippen MR) is 137 cm³/mol. The molecule has 4 rings (SSSR count). The van der Waals surface area contributed by atoms with E-state index in [2.05, 4.69) is 0 Å². The molecule has 2 aromatic rings. The fraction of sp³-hybridized carbons (Fsp3) is 0.560. The lowest BCUT2D eigenvalue weighted by atomic mass is 9.98. The second kappa shape index (κ2) is 12.6. The van der Waals surface area contributed by atoms with E-state index in [0.29, 0.717) is 0 Å². The molecule has 2 aliphatic rings. The van der Waals surface area contributed by atoms with Crippen LogP contribution in [0, 0.1) is 0 Å². The maximum absolute atomic E-state index is 15.6. The van der Waals surface area contributed by atoms with Crippen molar-refractivity contribution in [3.8, 4) is 5.75 Å². The molecule has 1 saturated carbocycles. The first kappa shape index (κ1) is 29.2. The standard InChI is InChI=1S/C25H33FN3O9P/c1-3-18(22(32)36-16-9-7-8-10-16)29(39(34)38-17-11-5-4-6-12-17)35-15-19-21(31)25(2,26)23(37-19)28-14-13-20(30)27-24(28)33/h4-6,11-14,16,18-19,21,23,31,39H,3,7-10,15H2,1-2H3,(H,27,30,33)/t18-,19+,21+,23+,25+/m0/s1. The number of alkyl halides is 1. The molecule has 0 spiro atoms. The van der Waals surface area contributed by atoms with Gasteiger partial charge in [0.05, 0.1) is 6.61 Å². The van der Waals surface area contributed by atoms with Gasteiger partial charge in [0.25, 0.3) is 5.56 Å². The lowest BCUT2D eigenvalue weighted by Crippen LogP contribution is -2.45. The van der Waals surface area contributed by atoms with Crippen molar-refractivity contribution < 1.29 is 37.7 Å². The van der Waals surface area contributed by atoms with Gasteiger partial charge >= 0.3 is 19.8 Å². The number of carbonyl (C=O) groups is 1. The van der Waals surface area contributed by atoms with Crippen molar-refractivity contribution in [1.82, 2.24) is 14.4 Å². The number of nitrogens with one attached hydrogen (secondary N) is 1. The maximum atomic E-state index is 15.6. The topological polar surface area (TPSA) is 149 Å². The van der Waals surface area contributed by atoms with Crippen LogP contribution in [0.3, 0.4) is 0 Å². The van der Waals surface area contributed by atoms with Crippen LogP contribution in [-0.4, -0.2) is 62.1 Å². The van der Waals surface area contributed by atoms with Crippen LogP contribution in [0.2, 0.25) is 0 Å². The van der Waals surface area contributed by atoms with Gasteiger partial charge in [0, 0.05) is 12.3 Å². The van der Waals surface area contributed by atoms with Gasteiger partial charge in [-0.1, -0.05) is 30.0 Å². The molecule has 1 unspecified atom stereocenters. The van der Waals surface area contributed by atoms with Gasteiger partial charge < -0.3 is 19.1 Å².